The van der Waals surface area contributed by atoms with Crippen LogP contribution in [-0.4, -0.2) is 33.3 Å². The smallest absolute Gasteiger partial charge is 0.249 e. The highest BCUT2D eigenvalue weighted by atomic mass is 32.1. The van der Waals surface area contributed by atoms with Crippen LogP contribution in [0.25, 0.3) is 11.0 Å². The molecule has 1 amide bonds. The summed E-state index contributed by atoms with van der Waals surface area (Å²) >= 11 is 1.34. The molecule has 152 valence electrons. The molecule has 1 N–H and O–H groups in total. The second kappa shape index (κ2) is 8.46. The summed E-state index contributed by atoms with van der Waals surface area (Å²) in [5.41, 5.74) is 1.79. The van der Waals surface area contributed by atoms with Crippen molar-refractivity contribution in [3.8, 4) is 5.75 Å². The van der Waals surface area contributed by atoms with E-state index in [2.05, 4.69) is 15.3 Å². The third-order valence-electron chi connectivity index (χ3n) is 4.80. The van der Waals surface area contributed by atoms with Crippen molar-refractivity contribution in [3.05, 3.63) is 71.5 Å². The van der Waals surface area contributed by atoms with Crippen molar-refractivity contribution >= 4 is 39.2 Å². The number of nitrogens with zero attached hydrogens (tertiary/aromatic N) is 3. The first-order valence-electron chi connectivity index (χ1n) is 9.48. The summed E-state index contributed by atoms with van der Waals surface area (Å²) in [4.78, 5) is 35.1. The molecular weight excluding hydrogens is 400 g/mol. The fourth-order valence-corrected chi connectivity index (χ4v) is 3.89. The monoisotopic (exact) mass is 420 g/mol. The van der Waals surface area contributed by atoms with E-state index in [4.69, 9.17) is 4.74 Å². The van der Waals surface area contributed by atoms with Gasteiger partial charge in [0.15, 0.2) is 11.0 Å². The van der Waals surface area contributed by atoms with Crippen LogP contribution in [0, 0.1) is 0 Å². The molecule has 0 aliphatic heterocycles. The van der Waals surface area contributed by atoms with Crippen LogP contribution in [0.4, 0.5) is 5.13 Å². The number of rotatable bonds is 7. The van der Waals surface area contributed by atoms with Crippen LogP contribution in [-0.2, 0) is 4.79 Å². The number of benzene rings is 2. The molecule has 1 unspecified atom stereocenters. The van der Waals surface area contributed by atoms with E-state index < -0.39 is 6.04 Å². The van der Waals surface area contributed by atoms with Crippen molar-refractivity contribution in [2.45, 2.75) is 19.4 Å². The molecule has 0 aliphatic carbocycles. The van der Waals surface area contributed by atoms with Crippen molar-refractivity contribution in [2.75, 3.05) is 12.4 Å². The van der Waals surface area contributed by atoms with Crippen molar-refractivity contribution in [1.29, 1.82) is 0 Å². The van der Waals surface area contributed by atoms with Gasteiger partial charge in [-0.2, -0.15) is 0 Å². The van der Waals surface area contributed by atoms with Crippen LogP contribution in [0.2, 0.25) is 0 Å². The number of hydrogen-bond acceptors (Lipinski definition) is 6. The van der Waals surface area contributed by atoms with Gasteiger partial charge in [-0.1, -0.05) is 37.3 Å². The zero-order valence-electron chi connectivity index (χ0n) is 16.5. The minimum atomic E-state index is -0.645. The third-order valence-corrected chi connectivity index (χ3v) is 5.49. The zero-order chi connectivity index (χ0) is 21.1. The molecule has 1 atom stereocenters. The quantitative estimate of drug-likeness (QED) is 0.450. The Morgan fingerprint density at radius 1 is 1.20 bits per heavy atom. The van der Waals surface area contributed by atoms with E-state index in [0.717, 1.165) is 0 Å². The molecule has 4 rings (SSSR count). The molecular formula is C22H20N4O3S. The van der Waals surface area contributed by atoms with Crippen LogP contribution in [0.5, 0.6) is 5.75 Å². The maximum absolute atomic E-state index is 13.3. The van der Waals surface area contributed by atoms with Gasteiger partial charge in [-0.05, 0) is 18.6 Å². The lowest BCUT2D eigenvalue weighted by Gasteiger charge is -2.19. The number of methoxy groups -OCH3 is 1. The topological polar surface area (TPSA) is 86.1 Å². The maximum Gasteiger partial charge on any atom is 0.249 e. The van der Waals surface area contributed by atoms with Crippen LogP contribution in [0.3, 0.4) is 0 Å². The first kappa shape index (κ1) is 19.8. The average molecular weight is 420 g/mol. The van der Waals surface area contributed by atoms with E-state index in [1.54, 1.807) is 65.7 Å². The molecule has 0 saturated carbocycles. The Bertz CT molecular complexity index is 1190. The number of fused-ring (bicyclic) bond motifs is 1. The van der Waals surface area contributed by atoms with E-state index in [1.165, 1.54) is 11.3 Å². The molecule has 2 aromatic carbocycles. The van der Waals surface area contributed by atoms with Crippen molar-refractivity contribution < 1.29 is 14.3 Å². The minimum absolute atomic E-state index is 0.214. The molecule has 0 aliphatic rings. The fourth-order valence-electron chi connectivity index (χ4n) is 3.35. The Labute approximate surface area is 177 Å². The summed E-state index contributed by atoms with van der Waals surface area (Å²) in [6.07, 6.45) is 2.10. The van der Waals surface area contributed by atoms with Crippen LogP contribution < -0.4 is 10.1 Å². The van der Waals surface area contributed by atoms with Gasteiger partial charge in [-0.15, -0.1) is 11.3 Å². The number of carbonyl (C=O) groups is 2. The molecule has 0 bridgehead atoms. The van der Waals surface area contributed by atoms with Crippen LogP contribution in [0.1, 0.15) is 35.6 Å². The SMILES string of the molecule is CCC(C(=O)Nc1nccs1)n1c(C(=O)c2ccccc2)nc2ccc(OC)cc21. The predicted molar refractivity (Wildman–Crippen MR) is 116 cm³/mol. The van der Waals surface area contributed by atoms with Gasteiger partial charge in [0.05, 0.1) is 18.1 Å². The fraction of sp³-hybridized carbons (Fsp3) is 0.182. The van der Waals surface area contributed by atoms with Crippen molar-refractivity contribution in [3.63, 3.8) is 0 Å². The summed E-state index contributed by atoms with van der Waals surface area (Å²) in [6.45, 7) is 1.90. The Morgan fingerprint density at radius 3 is 2.67 bits per heavy atom. The molecule has 8 heteroatoms. The van der Waals surface area contributed by atoms with E-state index >= 15 is 0 Å². The highest BCUT2D eigenvalue weighted by molar-refractivity contribution is 7.13. The van der Waals surface area contributed by atoms with Gasteiger partial charge in [0.1, 0.15) is 11.8 Å². The van der Waals surface area contributed by atoms with Gasteiger partial charge in [0.25, 0.3) is 0 Å². The lowest BCUT2D eigenvalue weighted by atomic mass is 10.1. The molecule has 0 fully saturated rings. The van der Waals surface area contributed by atoms with Crippen molar-refractivity contribution in [2.24, 2.45) is 0 Å². The molecule has 4 aromatic rings. The van der Waals surface area contributed by atoms with Gasteiger partial charge in [0.2, 0.25) is 11.7 Å². The first-order chi connectivity index (χ1) is 14.6. The molecule has 0 radical (unpaired) electrons. The van der Waals surface area contributed by atoms with Gasteiger partial charge in [-0.3, -0.25) is 9.59 Å². The minimum Gasteiger partial charge on any atom is -0.497 e. The normalized spacial score (nSPS) is 11.9. The number of imidazole rings is 1. The highest BCUT2D eigenvalue weighted by Gasteiger charge is 2.28. The molecule has 7 nitrogen and oxygen atoms in total. The summed E-state index contributed by atoms with van der Waals surface area (Å²) in [7, 11) is 1.57. The van der Waals surface area contributed by atoms with Crippen LogP contribution in [0.15, 0.2) is 60.1 Å². The van der Waals surface area contributed by atoms with Crippen LogP contribution >= 0.6 is 11.3 Å². The van der Waals surface area contributed by atoms with Gasteiger partial charge < -0.3 is 14.6 Å². The number of amides is 1. The number of carbonyl (C=O) groups excluding carboxylic acids is 2. The second-order valence-corrected chi connectivity index (χ2v) is 7.50. The largest absolute Gasteiger partial charge is 0.497 e. The molecule has 0 saturated heterocycles. The van der Waals surface area contributed by atoms with E-state index in [-0.39, 0.29) is 17.5 Å². The van der Waals surface area contributed by atoms with Gasteiger partial charge in [-0.25, -0.2) is 9.97 Å². The van der Waals surface area contributed by atoms with Crippen molar-refractivity contribution in [1.82, 2.24) is 14.5 Å². The predicted octanol–water partition coefficient (Wildman–Crippen LogP) is 4.32. The van der Waals surface area contributed by atoms with E-state index in [1.807, 2.05) is 13.0 Å². The lowest BCUT2D eigenvalue weighted by molar-refractivity contribution is -0.119. The summed E-state index contributed by atoms with van der Waals surface area (Å²) in [6, 6.07) is 13.7. The number of anilines is 1. The Morgan fingerprint density at radius 2 is 2.00 bits per heavy atom. The maximum atomic E-state index is 13.3. The number of aromatic nitrogens is 3. The Kier molecular flexibility index (Phi) is 5.58. The number of ether oxygens (including phenoxy) is 1. The highest BCUT2D eigenvalue weighted by Crippen LogP contribution is 2.29. The molecule has 0 spiro atoms. The Balaban J connectivity index is 1.86. The zero-order valence-corrected chi connectivity index (χ0v) is 17.3. The number of hydrogen-bond donors (Lipinski definition) is 1. The first-order valence-corrected chi connectivity index (χ1v) is 10.4. The van der Waals surface area contributed by atoms with Gasteiger partial charge in [0, 0.05) is 23.2 Å². The number of ketones is 1. The number of nitrogens with one attached hydrogen (secondary N) is 1. The molecule has 2 heterocycles. The van der Waals surface area contributed by atoms with Gasteiger partial charge >= 0.3 is 0 Å². The van der Waals surface area contributed by atoms with E-state index in [0.29, 0.717) is 33.9 Å². The summed E-state index contributed by atoms with van der Waals surface area (Å²) < 4.78 is 7.06. The molecule has 30 heavy (non-hydrogen) atoms. The third kappa shape index (κ3) is 3.69. The molecule has 2 aromatic heterocycles. The number of thiazole rings is 1. The lowest BCUT2D eigenvalue weighted by Crippen LogP contribution is -2.28. The Hall–Kier alpha value is -3.52. The summed E-state index contributed by atoms with van der Waals surface area (Å²) in [5.74, 6) is 0.339. The summed E-state index contributed by atoms with van der Waals surface area (Å²) in [5, 5.41) is 5.14. The van der Waals surface area contributed by atoms with E-state index in [9.17, 15) is 9.59 Å². The standard InChI is InChI=1S/C22H20N4O3S/c1-3-17(21(28)25-22-23-11-12-30-22)26-18-13-15(29-2)9-10-16(18)24-20(26)19(27)14-7-5-4-6-8-14/h4-13,17H,3H2,1-2H3,(H,23,25,28). The average Bonchev–Trinajstić information content (AvgIpc) is 3.42. The second-order valence-electron chi connectivity index (χ2n) is 6.61.